The highest BCUT2D eigenvalue weighted by atomic mass is 19.4. The number of rotatable bonds is 4. The van der Waals surface area contributed by atoms with E-state index in [1.54, 1.807) is 11.8 Å². The quantitative estimate of drug-likeness (QED) is 0.916. The van der Waals surface area contributed by atoms with E-state index in [1.165, 1.54) is 12.1 Å². The van der Waals surface area contributed by atoms with Crippen LogP contribution < -0.4 is 0 Å². The lowest BCUT2D eigenvalue weighted by Gasteiger charge is -2.21. The minimum absolute atomic E-state index is 0.0737. The maximum Gasteiger partial charge on any atom is 0.416 e. The molecule has 6 nitrogen and oxygen atoms in total. The van der Waals surface area contributed by atoms with Gasteiger partial charge in [-0.1, -0.05) is 17.3 Å². The highest BCUT2D eigenvalue weighted by molar-refractivity contribution is 5.83. The zero-order valence-electron chi connectivity index (χ0n) is 13.6. The highest BCUT2D eigenvalue weighted by Gasteiger charge is 2.32. The van der Waals surface area contributed by atoms with E-state index >= 15 is 0 Å². The van der Waals surface area contributed by atoms with Crippen molar-refractivity contribution < 1.29 is 18.0 Å². The summed E-state index contributed by atoms with van der Waals surface area (Å²) in [5.41, 5.74) is -0.128. The van der Waals surface area contributed by atoms with Gasteiger partial charge in [-0.15, -0.1) is 10.2 Å². The molecule has 1 fully saturated rings. The Kier molecular flexibility index (Phi) is 4.73. The van der Waals surface area contributed by atoms with Crippen LogP contribution in [0.25, 0.3) is 0 Å². The van der Waals surface area contributed by atoms with Gasteiger partial charge in [0.1, 0.15) is 0 Å². The van der Waals surface area contributed by atoms with Crippen LogP contribution in [0, 0.1) is 5.92 Å². The van der Waals surface area contributed by atoms with Crippen molar-refractivity contribution >= 4 is 5.91 Å². The van der Waals surface area contributed by atoms with Crippen LogP contribution >= 0.6 is 0 Å². The molecule has 1 aromatic heterocycles. The second kappa shape index (κ2) is 6.81. The van der Waals surface area contributed by atoms with Crippen molar-refractivity contribution in [3.63, 3.8) is 0 Å². The van der Waals surface area contributed by atoms with Gasteiger partial charge >= 0.3 is 6.18 Å². The number of halogens is 3. The van der Waals surface area contributed by atoms with E-state index in [-0.39, 0.29) is 11.8 Å². The van der Waals surface area contributed by atoms with E-state index in [1.807, 2.05) is 0 Å². The lowest BCUT2D eigenvalue weighted by Crippen LogP contribution is -2.32. The normalized spacial score (nSPS) is 19.2. The topological polar surface area (TPSA) is 74.8 Å². The van der Waals surface area contributed by atoms with E-state index in [4.69, 9.17) is 0 Å². The van der Waals surface area contributed by atoms with Crippen LogP contribution in [0.3, 0.4) is 0 Å². The van der Waals surface area contributed by atoms with E-state index in [0.717, 1.165) is 18.6 Å². The number of hydrogen-bond acceptors (Lipinski definition) is 4. The molecule has 1 saturated heterocycles. The standard InChI is InChI=1S/C16H18F3N5O/c1-10(12-2-4-13(5-3-12)16(17,18)19)15(25)24-7-6-11(9-24)8-14-20-22-23-21-14/h2-5,10-11H,6-9H2,1H3,(H,20,21,22,23). The first-order valence-corrected chi connectivity index (χ1v) is 8.03. The number of nitrogens with one attached hydrogen (secondary N) is 1. The molecule has 2 unspecified atom stereocenters. The molecule has 0 bridgehead atoms. The molecule has 1 N–H and O–H groups in total. The monoisotopic (exact) mass is 353 g/mol. The fourth-order valence-electron chi connectivity index (χ4n) is 3.10. The average molecular weight is 353 g/mol. The Balaban J connectivity index is 1.61. The molecular weight excluding hydrogens is 335 g/mol. The fraction of sp³-hybridized carbons (Fsp3) is 0.500. The van der Waals surface area contributed by atoms with Gasteiger partial charge in [0.15, 0.2) is 5.82 Å². The van der Waals surface area contributed by atoms with E-state index in [9.17, 15) is 18.0 Å². The van der Waals surface area contributed by atoms with Crippen LogP contribution in [-0.4, -0.2) is 44.5 Å². The van der Waals surface area contributed by atoms with Gasteiger partial charge in [0.25, 0.3) is 0 Å². The molecule has 134 valence electrons. The summed E-state index contributed by atoms with van der Waals surface area (Å²) >= 11 is 0. The molecule has 1 amide bonds. The first-order chi connectivity index (χ1) is 11.8. The number of carbonyl (C=O) groups is 1. The van der Waals surface area contributed by atoms with Gasteiger partial charge < -0.3 is 4.90 Å². The molecule has 3 rings (SSSR count). The maximum absolute atomic E-state index is 12.6. The number of likely N-dealkylation sites (tertiary alicyclic amines) is 1. The molecule has 1 aliphatic heterocycles. The van der Waals surface area contributed by atoms with Gasteiger partial charge in [0, 0.05) is 19.5 Å². The summed E-state index contributed by atoms with van der Waals surface area (Å²) in [5, 5.41) is 13.8. The molecule has 0 aliphatic carbocycles. The smallest absolute Gasteiger partial charge is 0.342 e. The summed E-state index contributed by atoms with van der Waals surface area (Å²) in [6, 6.07) is 4.78. The molecule has 2 atom stereocenters. The number of hydrogen-bond donors (Lipinski definition) is 1. The number of H-pyrrole nitrogens is 1. The number of carbonyl (C=O) groups excluding carboxylic acids is 1. The minimum atomic E-state index is -4.37. The third kappa shape index (κ3) is 3.97. The maximum atomic E-state index is 12.6. The summed E-state index contributed by atoms with van der Waals surface area (Å²) in [7, 11) is 0. The summed E-state index contributed by atoms with van der Waals surface area (Å²) in [5.74, 6) is 0.332. The zero-order valence-corrected chi connectivity index (χ0v) is 13.6. The number of alkyl halides is 3. The minimum Gasteiger partial charge on any atom is -0.342 e. The first kappa shape index (κ1) is 17.4. The van der Waals surface area contributed by atoms with Crippen molar-refractivity contribution in [1.82, 2.24) is 25.5 Å². The number of benzene rings is 1. The van der Waals surface area contributed by atoms with Crippen LogP contribution in [0.1, 0.15) is 36.2 Å². The first-order valence-electron chi connectivity index (χ1n) is 8.03. The lowest BCUT2D eigenvalue weighted by atomic mass is 9.98. The molecular formula is C16H18F3N5O. The Bertz CT molecular complexity index is 714. The molecule has 0 radical (unpaired) electrons. The van der Waals surface area contributed by atoms with Crippen LogP contribution in [0.2, 0.25) is 0 Å². The van der Waals surface area contributed by atoms with Crippen molar-refractivity contribution in [2.45, 2.75) is 31.9 Å². The molecule has 9 heteroatoms. The van der Waals surface area contributed by atoms with Gasteiger partial charge in [-0.05, 0) is 37.0 Å². The van der Waals surface area contributed by atoms with Gasteiger partial charge in [-0.2, -0.15) is 18.4 Å². The van der Waals surface area contributed by atoms with Crippen molar-refractivity contribution in [1.29, 1.82) is 0 Å². The molecule has 0 spiro atoms. The number of nitrogens with zero attached hydrogens (tertiary/aromatic N) is 4. The third-order valence-corrected chi connectivity index (χ3v) is 4.57. The van der Waals surface area contributed by atoms with Gasteiger partial charge in [0.2, 0.25) is 5.91 Å². The van der Waals surface area contributed by atoms with Crippen molar-refractivity contribution in [3.05, 3.63) is 41.2 Å². The number of aromatic amines is 1. The lowest BCUT2D eigenvalue weighted by molar-refractivity contribution is -0.137. The number of tetrazole rings is 1. The summed E-state index contributed by atoms with van der Waals surface area (Å²) in [6.45, 7) is 2.95. The van der Waals surface area contributed by atoms with Crippen molar-refractivity contribution in [3.8, 4) is 0 Å². The third-order valence-electron chi connectivity index (χ3n) is 4.57. The Hall–Kier alpha value is -2.45. The van der Waals surface area contributed by atoms with Crippen LogP contribution in [-0.2, 0) is 17.4 Å². The van der Waals surface area contributed by atoms with Crippen LogP contribution in [0.4, 0.5) is 13.2 Å². The van der Waals surface area contributed by atoms with Gasteiger partial charge in [-0.3, -0.25) is 4.79 Å². The second-order valence-electron chi connectivity index (χ2n) is 6.31. The number of amides is 1. The molecule has 2 heterocycles. The Morgan fingerprint density at radius 3 is 2.68 bits per heavy atom. The predicted octanol–water partition coefficient (Wildman–Crippen LogP) is 2.41. The molecule has 1 aliphatic rings. The predicted molar refractivity (Wildman–Crippen MR) is 82.4 cm³/mol. The fourth-order valence-corrected chi connectivity index (χ4v) is 3.10. The van der Waals surface area contributed by atoms with Crippen LogP contribution in [0.5, 0.6) is 0 Å². The van der Waals surface area contributed by atoms with E-state index in [0.29, 0.717) is 30.9 Å². The number of aromatic nitrogens is 4. The summed E-state index contributed by atoms with van der Waals surface area (Å²) < 4.78 is 37.9. The Morgan fingerprint density at radius 2 is 2.08 bits per heavy atom. The van der Waals surface area contributed by atoms with Crippen molar-refractivity contribution in [2.75, 3.05) is 13.1 Å². The largest absolute Gasteiger partial charge is 0.416 e. The van der Waals surface area contributed by atoms with Crippen molar-refractivity contribution in [2.24, 2.45) is 5.92 Å². The SMILES string of the molecule is CC(C(=O)N1CCC(Cc2nn[nH]n2)C1)c1ccc(C(F)(F)F)cc1. The van der Waals surface area contributed by atoms with Crippen LogP contribution in [0.15, 0.2) is 24.3 Å². The molecule has 25 heavy (non-hydrogen) atoms. The highest BCUT2D eigenvalue weighted by Crippen LogP contribution is 2.31. The van der Waals surface area contributed by atoms with Gasteiger partial charge in [0.05, 0.1) is 11.5 Å². The van der Waals surface area contributed by atoms with Gasteiger partial charge in [-0.25, -0.2) is 0 Å². The van der Waals surface area contributed by atoms with E-state index < -0.39 is 17.7 Å². The van der Waals surface area contributed by atoms with E-state index in [2.05, 4.69) is 20.6 Å². The average Bonchev–Trinajstić information content (AvgIpc) is 3.25. The second-order valence-corrected chi connectivity index (χ2v) is 6.31. The summed E-state index contributed by atoms with van der Waals surface area (Å²) in [6.07, 6.45) is -2.88. The Labute approximate surface area is 142 Å². The summed E-state index contributed by atoms with van der Waals surface area (Å²) in [4.78, 5) is 14.4. The molecule has 1 aromatic carbocycles. The molecule has 2 aromatic rings. The Morgan fingerprint density at radius 1 is 1.36 bits per heavy atom. The zero-order chi connectivity index (χ0) is 18.0. The molecule has 0 saturated carbocycles.